The first-order valence-electron chi connectivity index (χ1n) is 7.52. The van der Waals surface area contributed by atoms with Gasteiger partial charge in [-0.15, -0.1) is 0 Å². The Labute approximate surface area is 132 Å². The summed E-state index contributed by atoms with van der Waals surface area (Å²) in [6.45, 7) is 3.84. The first-order valence-corrected chi connectivity index (χ1v) is 9.07. The highest BCUT2D eigenvalue weighted by Crippen LogP contribution is 2.08. The van der Waals surface area contributed by atoms with Crippen molar-refractivity contribution < 1.29 is 13.2 Å². The van der Waals surface area contributed by atoms with Gasteiger partial charge in [-0.05, 0) is 37.1 Å². The molecule has 0 unspecified atom stereocenters. The Morgan fingerprint density at radius 2 is 1.82 bits per heavy atom. The Kier molecular flexibility index (Phi) is 8.08. The highest BCUT2D eigenvalue weighted by atomic mass is 32.2. The molecular weight excluding hydrogens is 302 g/mol. The van der Waals surface area contributed by atoms with Gasteiger partial charge in [-0.25, -0.2) is 13.6 Å². The predicted molar refractivity (Wildman–Crippen MR) is 86.9 cm³/mol. The zero-order chi connectivity index (χ0) is 16.4. The van der Waals surface area contributed by atoms with Gasteiger partial charge in [0.2, 0.25) is 15.9 Å². The molecule has 1 aromatic rings. The van der Waals surface area contributed by atoms with Gasteiger partial charge in [0.25, 0.3) is 0 Å². The lowest BCUT2D eigenvalue weighted by atomic mass is 10.1. The van der Waals surface area contributed by atoms with Crippen LogP contribution in [0.3, 0.4) is 0 Å². The molecule has 0 aromatic heterocycles. The molecule has 124 valence electrons. The minimum Gasteiger partial charge on any atom is -0.355 e. The Morgan fingerprint density at radius 1 is 1.14 bits per heavy atom. The van der Waals surface area contributed by atoms with E-state index in [9.17, 15) is 13.2 Å². The molecular formula is C15H25N3O3S. The van der Waals surface area contributed by atoms with E-state index in [0.717, 1.165) is 24.9 Å². The van der Waals surface area contributed by atoms with Crippen molar-refractivity contribution in [1.29, 1.82) is 0 Å². The number of rotatable bonds is 10. The summed E-state index contributed by atoms with van der Waals surface area (Å²) in [5, 5.41) is 11.0. The third kappa shape index (κ3) is 7.53. The molecule has 0 radical (unpaired) electrons. The Hall–Kier alpha value is -1.44. The minimum absolute atomic E-state index is 0.0299. The van der Waals surface area contributed by atoms with Crippen LogP contribution in [0.15, 0.2) is 29.2 Å². The highest BCUT2D eigenvalue weighted by Gasteiger charge is 2.06. The minimum atomic E-state index is -3.65. The van der Waals surface area contributed by atoms with Gasteiger partial charge < -0.3 is 10.6 Å². The zero-order valence-corrected chi connectivity index (χ0v) is 13.8. The van der Waals surface area contributed by atoms with E-state index in [0.29, 0.717) is 19.5 Å². The van der Waals surface area contributed by atoms with E-state index in [1.54, 1.807) is 12.1 Å². The summed E-state index contributed by atoms with van der Waals surface area (Å²) in [6.07, 6.45) is 4.06. The highest BCUT2D eigenvalue weighted by molar-refractivity contribution is 7.89. The van der Waals surface area contributed by atoms with Crippen molar-refractivity contribution in [2.75, 3.05) is 19.6 Å². The third-order valence-corrected chi connectivity index (χ3v) is 4.16. The number of hydrogen-bond acceptors (Lipinski definition) is 4. The number of unbranched alkanes of at least 4 members (excludes halogenated alkanes) is 2. The summed E-state index contributed by atoms with van der Waals surface area (Å²) < 4.78 is 22.3. The number of benzene rings is 1. The molecule has 1 amide bonds. The number of carbonyl (C=O) groups excluding carboxylic acids is 1. The summed E-state index contributed by atoms with van der Waals surface area (Å²) in [7, 11) is -3.65. The topological polar surface area (TPSA) is 101 Å². The Bertz CT molecular complexity index is 556. The first-order chi connectivity index (χ1) is 10.4. The number of hydrogen-bond donors (Lipinski definition) is 3. The summed E-state index contributed by atoms with van der Waals surface area (Å²) in [4.78, 5) is 11.7. The molecule has 1 aromatic carbocycles. The van der Waals surface area contributed by atoms with Crippen LogP contribution >= 0.6 is 0 Å². The van der Waals surface area contributed by atoms with Crippen molar-refractivity contribution >= 4 is 15.9 Å². The second-order valence-electron chi connectivity index (χ2n) is 5.17. The van der Waals surface area contributed by atoms with E-state index in [1.165, 1.54) is 18.6 Å². The Balaban J connectivity index is 2.22. The molecule has 0 saturated heterocycles. The molecule has 0 heterocycles. The average molecular weight is 327 g/mol. The molecule has 1 rings (SSSR count). The maximum Gasteiger partial charge on any atom is 0.238 e. The van der Waals surface area contributed by atoms with Crippen molar-refractivity contribution in [3.05, 3.63) is 29.8 Å². The van der Waals surface area contributed by atoms with E-state index < -0.39 is 10.0 Å². The molecule has 6 nitrogen and oxygen atoms in total. The molecule has 0 aliphatic heterocycles. The molecule has 22 heavy (non-hydrogen) atoms. The number of nitrogens with two attached hydrogens (primary N) is 1. The van der Waals surface area contributed by atoms with E-state index in [2.05, 4.69) is 17.6 Å². The van der Waals surface area contributed by atoms with Crippen LogP contribution < -0.4 is 15.8 Å². The van der Waals surface area contributed by atoms with Crippen LogP contribution in [0.2, 0.25) is 0 Å². The quantitative estimate of drug-likeness (QED) is 0.553. The van der Waals surface area contributed by atoms with Crippen LogP contribution in [0.5, 0.6) is 0 Å². The average Bonchev–Trinajstić information content (AvgIpc) is 2.46. The second-order valence-corrected chi connectivity index (χ2v) is 6.73. The van der Waals surface area contributed by atoms with Crippen molar-refractivity contribution in [2.24, 2.45) is 5.14 Å². The standard InChI is InChI=1S/C15H25N3O3S/c1-2-3-4-10-17-12-15(19)18-11-9-13-5-7-14(8-6-13)22(16,20)21/h5-8,17H,2-4,9-12H2,1H3,(H,18,19)(H2,16,20,21). The number of primary sulfonamides is 1. The maximum atomic E-state index is 11.6. The molecule has 7 heteroatoms. The fourth-order valence-corrected chi connectivity index (χ4v) is 2.47. The van der Waals surface area contributed by atoms with Crippen LogP contribution in [-0.2, 0) is 21.2 Å². The van der Waals surface area contributed by atoms with Gasteiger partial charge in [-0.2, -0.15) is 0 Å². The molecule has 0 atom stereocenters. The zero-order valence-electron chi connectivity index (χ0n) is 13.0. The normalized spacial score (nSPS) is 11.4. The summed E-state index contributed by atoms with van der Waals surface area (Å²) in [6, 6.07) is 6.35. The fourth-order valence-electron chi connectivity index (χ4n) is 1.96. The monoisotopic (exact) mass is 327 g/mol. The first kappa shape index (κ1) is 18.6. The van der Waals surface area contributed by atoms with E-state index in [4.69, 9.17) is 5.14 Å². The van der Waals surface area contributed by atoms with Gasteiger partial charge in [-0.3, -0.25) is 4.79 Å². The lowest BCUT2D eigenvalue weighted by molar-refractivity contribution is -0.120. The number of carbonyl (C=O) groups is 1. The number of amides is 1. The second kappa shape index (κ2) is 9.55. The Morgan fingerprint density at radius 3 is 2.41 bits per heavy atom. The van der Waals surface area contributed by atoms with E-state index in [-0.39, 0.29) is 10.8 Å². The van der Waals surface area contributed by atoms with Gasteiger partial charge in [-0.1, -0.05) is 31.9 Å². The SMILES string of the molecule is CCCCCNCC(=O)NCCc1ccc(S(N)(=O)=O)cc1. The lowest BCUT2D eigenvalue weighted by Gasteiger charge is -2.07. The molecule has 0 spiro atoms. The van der Waals surface area contributed by atoms with Crippen LogP contribution in [0, 0.1) is 0 Å². The number of sulfonamides is 1. The van der Waals surface area contributed by atoms with Crippen molar-refractivity contribution in [1.82, 2.24) is 10.6 Å². The van der Waals surface area contributed by atoms with Crippen LogP contribution in [0.4, 0.5) is 0 Å². The van der Waals surface area contributed by atoms with E-state index >= 15 is 0 Å². The fraction of sp³-hybridized carbons (Fsp3) is 0.533. The molecule has 0 fully saturated rings. The van der Waals surface area contributed by atoms with Crippen molar-refractivity contribution in [3.8, 4) is 0 Å². The largest absolute Gasteiger partial charge is 0.355 e. The molecule has 0 bridgehead atoms. The van der Waals surface area contributed by atoms with Gasteiger partial charge >= 0.3 is 0 Å². The van der Waals surface area contributed by atoms with Crippen molar-refractivity contribution in [3.63, 3.8) is 0 Å². The van der Waals surface area contributed by atoms with Gasteiger partial charge in [0.15, 0.2) is 0 Å². The van der Waals surface area contributed by atoms with E-state index in [1.807, 2.05) is 0 Å². The maximum absolute atomic E-state index is 11.6. The van der Waals surface area contributed by atoms with Crippen LogP contribution in [0.1, 0.15) is 31.7 Å². The molecule has 0 saturated carbocycles. The molecule has 4 N–H and O–H groups in total. The molecule has 0 aliphatic rings. The smallest absolute Gasteiger partial charge is 0.238 e. The predicted octanol–water partition coefficient (Wildman–Crippen LogP) is 0.773. The number of nitrogens with one attached hydrogen (secondary N) is 2. The molecule has 0 aliphatic carbocycles. The van der Waals surface area contributed by atoms with Crippen LogP contribution in [-0.4, -0.2) is 34.0 Å². The van der Waals surface area contributed by atoms with Gasteiger partial charge in [0.05, 0.1) is 11.4 Å². The van der Waals surface area contributed by atoms with Crippen molar-refractivity contribution in [2.45, 2.75) is 37.5 Å². The lowest BCUT2D eigenvalue weighted by Crippen LogP contribution is -2.35. The summed E-state index contributed by atoms with van der Waals surface area (Å²) in [5.74, 6) is -0.0299. The van der Waals surface area contributed by atoms with Gasteiger partial charge in [0, 0.05) is 6.54 Å². The van der Waals surface area contributed by atoms with Crippen LogP contribution in [0.25, 0.3) is 0 Å². The summed E-state index contributed by atoms with van der Waals surface area (Å²) >= 11 is 0. The summed E-state index contributed by atoms with van der Waals surface area (Å²) in [5.41, 5.74) is 0.948. The third-order valence-electron chi connectivity index (χ3n) is 3.23. The van der Waals surface area contributed by atoms with Gasteiger partial charge in [0.1, 0.15) is 0 Å².